The van der Waals surface area contributed by atoms with Gasteiger partial charge in [0, 0.05) is 30.0 Å². The van der Waals surface area contributed by atoms with Crippen LogP contribution in [0.1, 0.15) is 23.4 Å². The van der Waals surface area contributed by atoms with E-state index < -0.39 is 0 Å². The fourth-order valence-corrected chi connectivity index (χ4v) is 4.02. The van der Waals surface area contributed by atoms with Gasteiger partial charge in [0.15, 0.2) is 5.96 Å². The van der Waals surface area contributed by atoms with Gasteiger partial charge < -0.3 is 10.6 Å². The number of benzene rings is 2. The van der Waals surface area contributed by atoms with Crippen LogP contribution in [0.15, 0.2) is 71.0 Å². The zero-order chi connectivity index (χ0) is 18.5. The summed E-state index contributed by atoms with van der Waals surface area (Å²) in [4.78, 5) is 9.09. The molecule has 4 rings (SSSR count). The van der Waals surface area contributed by atoms with Crippen LogP contribution in [0.2, 0.25) is 0 Å². The number of rotatable bonds is 6. The summed E-state index contributed by atoms with van der Waals surface area (Å²) in [5.74, 6) is 0.827. The van der Waals surface area contributed by atoms with Gasteiger partial charge in [0.25, 0.3) is 0 Å². The Morgan fingerprint density at radius 2 is 1.74 bits per heavy atom. The number of hydrogen-bond acceptors (Lipinski definition) is 3. The van der Waals surface area contributed by atoms with Crippen LogP contribution in [0.5, 0.6) is 0 Å². The normalized spacial score (nSPS) is 15.4. The van der Waals surface area contributed by atoms with E-state index in [1.165, 1.54) is 18.4 Å². The average molecular weight is 377 g/mol. The Morgan fingerprint density at radius 3 is 2.41 bits per heavy atom. The van der Waals surface area contributed by atoms with E-state index in [1.807, 2.05) is 25.2 Å². The Morgan fingerprint density at radius 1 is 1.04 bits per heavy atom. The van der Waals surface area contributed by atoms with Crippen LogP contribution < -0.4 is 10.6 Å². The molecule has 0 amide bonds. The number of guanidine groups is 1. The smallest absolute Gasteiger partial charge is 0.191 e. The Kier molecular flexibility index (Phi) is 5.21. The first kappa shape index (κ1) is 17.7. The van der Waals surface area contributed by atoms with E-state index in [1.54, 1.807) is 11.3 Å². The van der Waals surface area contributed by atoms with Crippen molar-refractivity contribution in [2.45, 2.75) is 24.8 Å². The third-order valence-electron chi connectivity index (χ3n) is 5.09. The molecule has 0 atom stereocenters. The highest BCUT2D eigenvalue weighted by molar-refractivity contribution is 7.09. The van der Waals surface area contributed by atoms with Crippen molar-refractivity contribution >= 4 is 17.3 Å². The molecule has 1 heterocycles. The molecule has 2 N–H and O–H groups in total. The molecule has 5 heteroatoms. The first-order valence-corrected chi connectivity index (χ1v) is 10.2. The number of nitrogens with one attached hydrogen (secondary N) is 2. The zero-order valence-corrected chi connectivity index (χ0v) is 16.3. The molecule has 1 aliphatic carbocycles. The van der Waals surface area contributed by atoms with Crippen LogP contribution in [0.3, 0.4) is 0 Å². The molecule has 0 radical (unpaired) electrons. The fourth-order valence-electron chi connectivity index (χ4n) is 3.28. The van der Waals surface area contributed by atoms with Gasteiger partial charge in [-0.25, -0.2) is 4.98 Å². The van der Waals surface area contributed by atoms with Gasteiger partial charge in [-0.3, -0.25) is 4.99 Å². The molecule has 2 aromatic carbocycles. The first-order chi connectivity index (χ1) is 13.3. The maximum absolute atomic E-state index is 4.73. The summed E-state index contributed by atoms with van der Waals surface area (Å²) in [6.45, 7) is 1.58. The molecule has 3 aromatic rings. The van der Waals surface area contributed by atoms with Gasteiger partial charge in [0.2, 0.25) is 0 Å². The lowest BCUT2D eigenvalue weighted by molar-refractivity contribution is 0.645. The summed E-state index contributed by atoms with van der Waals surface area (Å²) < 4.78 is 0. The van der Waals surface area contributed by atoms with Crippen LogP contribution in [0, 0.1) is 0 Å². The predicted molar refractivity (Wildman–Crippen MR) is 113 cm³/mol. The molecule has 1 aliphatic rings. The van der Waals surface area contributed by atoms with E-state index in [-0.39, 0.29) is 5.41 Å². The van der Waals surface area contributed by atoms with Crippen molar-refractivity contribution in [3.8, 4) is 11.3 Å². The maximum atomic E-state index is 4.73. The van der Waals surface area contributed by atoms with Crippen molar-refractivity contribution in [2.24, 2.45) is 4.99 Å². The van der Waals surface area contributed by atoms with Gasteiger partial charge in [-0.05, 0) is 18.4 Å². The molecule has 0 unspecified atom stereocenters. The van der Waals surface area contributed by atoms with Crippen LogP contribution in [-0.4, -0.2) is 24.5 Å². The van der Waals surface area contributed by atoms with Crippen LogP contribution in [0.4, 0.5) is 0 Å². The Hall–Kier alpha value is -2.66. The fraction of sp³-hybridized carbons (Fsp3) is 0.273. The summed E-state index contributed by atoms with van der Waals surface area (Å²) >= 11 is 1.67. The van der Waals surface area contributed by atoms with Gasteiger partial charge in [-0.1, -0.05) is 60.7 Å². The van der Waals surface area contributed by atoms with Crippen molar-refractivity contribution in [3.63, 3.8) is 0 Å². The summed E-state index contributed by atoms with van der Waals surface area (Å²) in [6.07, 6.45) is 2.46. The predicted octanol–water partition coefficient (Wildman–Crippen LogP) is 4.21. The highest BCUT2D eigenvalue weighted by Gasteiger charge is 2.43. The van der Waals surface area contributed by atoms with Gasteiger partial charge in [0.05, 0.1) is 12.2 Å². The summed E-state index contributed by atoms with van der Waals surface area (Å²) in [5.41, 5.74) is 3.86. The highest BCUT2D eigenvalue weighted by Crippen LogP contribution is 2.47. The molecule has 1 aromatic heterocycles. The molecule has 0 saturated heterocycles. The summed E-state index contributed by atoms with van der Waals surface area (Å²) in [5, 5.41) is 10.0. The van der Waals surface area contributed by atoms with Gasteiger partial charge >= 0.3 is 0 Å². The van der Waals surface area contributed by atoms with E-state index in [0.29, 0.717) is 6.54 Å². The quantitative estimate of drug-likeness (QED) is 0.501. The van der Waals surface area contributed by atoms with Crippen LogP contribution >= 0.6 is 11.3 Å². The highest BCUT2D eigenvalue weighted by atomic mass is 32.1. The topological polar surface area (TPSA) is 49.3 Å². The molecule has 0 aliphatic heterocycles. The maximum Gasteiger partial charge on any atom is 0.191 e. The van der Waals surface area contributed by atoms with E-state index in [9.17, 15) is 0 Å². The zero-order valence-electron chi connectivity index (χ0n) is 15.5. The van der Waals surface area contributed by atoms with Crippen molar-refractivity contribution in [1.82, 2.24) is 15.6 Å². The minimum Gasteiger partial charge on any atom is -0.356 e. The molecular formula is C22H24N4S. The Bertz CT molecular complexity index is 898. The number of nitrogens with zero attached hydrogens (tertiary/aromatic N) is 2. The summed E-state index contributed by atoms with van der Waals surface area (Å²) in [7, 11) is 1.81. The number of aromatic nitrogens is 1. The van der Waals surface area contributed by atoms with Crippen LogP contribution in [-0.2, 0) is 12.0 Å². The third-order valence-corrected chi connectivity index (χ3v) is 5.93. The molecule has 0 bridgehead atoms. The molecule has 1 fully saturated rings. The molecule has 27 heavy (non-hydrogen) atoms. The monoisotopic (exact) mass is 376 g/mol. The Balaban J connectivity index is 1.32. The van der Waals surface area contributed by atoms with E-state index in [4.69, 9.17) is 4.98 Å². The summed E-state index contributed by atoms with van der Waals surface area (Å²) in [6, 6.07) is 21.1. The molecule has 0 spiro atoms. The van der Waals surface area contributed by atoms with Gasteiger partial charge in [-0.15, -0.1) is 11.3 Å². The molecular weight excluding hydrogens is 352 g/mol. The van der Waals surface area contributed by atoms with Crippen molar-refractivity contribution in [3.05, 3.63) is 76.6 Å². The second kappa shape index (κ2) is 7.92. The van der Waals surface area contributed by atoms with Gasteiger partial charge in [-0.2, -0.15) is 0 Å². The SMILES string of the molecule is CN=C(NCc1nc(-c2ccccc2)cs1)NCC1(c2ccccc2)CC1. The third kappa shape index (κ3) is 4.19. The number of aliphatic imine (C=N–C) groups is 1. The van der Waals surface area contributed by atoms with E-state index in [0.717, 1.165) is 28.8 Å². The molecule has 138 valence electrons. The lowest BCUT2D eigenvalue weighted by atomic mass is 9.96. The standard InChI is InChI=1S/C22H24N4S/c1-23-21(25-16-22(12-13-22)18-10-6-3-7-11-18)24-14-20-26-19(15-27-20)17-8-4-2-5-9-17/h2-11,15H,12-14,16H2,1H3,(H2,23,24,25). The van der Waals surface area contributed by atoms with Crippen molar-refractivity contribution in [1.29, 1.82) is 0 Å². The lowest BCUT2D eigenvalue weighted by Crippen LogP contribution is -2.40. The van der Waals surface area contributed by atoms with E-state index in [2.05, 4.69) is 63.5 Å². The first-order valence-electron chi connectivity index (χ1n) is 9.29. The minimum atomic E-state index is 0.264. The van der Waals surface area contributed by atoms with Gasteiger partial charge in [0.1, 0.15) is 5.01 Å². The molecule has 1 saturated carbocycles. The minimum absolute atomic E-state index is 0.264. The average Bonchev–Trinajstić information content (AvgIpc) is 3.38. The van der Waals surface area contributed by atoms with E-state index >= 15 is 0 Å². The number of hydrogen-bond donors (Lipinski definition) is 2. The number of thiazole rings is 1. The second-order valence-electron chi connectivity index (χ2n) is 6.92. The second-order valence-corrected chi connectivity index (χ2v) is 7.86. The van der Waals surface area contributed by atoms with Crippen molar-refractivity contribution < 1.29 is 0 Å². The largest absolute Gasteiger partial charge is 0.356 e. The Labute approximate surface area is 164 Å². The molecule has 4 nitrogen and oxygen atoms in total. The van der Waals surface area contributed by atoms with Crippen molar-refractivity contribution in [2.75, 3.05) is 13.6 Å². The van der Waals surface area contributed by atoms with Crippen LogP contribution in [0.25, 0.3) is 11.3 Å². The lowest BCUT2D eigenvalue weighted by Gasteiger charge is -2.18.